The third-order valence-corrected chi connectivity index (χ3v) is 6.47. The zero-order valence-corrected chi connectivity index (χ0v) is 19.0. The molecule has 0 aliphatic carbocycles. The molecule has 0 rings (SSSR count). The van der Waals surface area contributed by atoms with E-state index in [0.717, 1.165) is 28.1 Å². The van der Waals surface area contributed by atoms with Gasteiger partial charge in [-0.05, 0) is 20.3 Å². The van der Waals surface area contributed by atoms with E-state index in [1.807, 2.05) is 0 Å². The maximum Gasteiger partial charge on any atom is 0.480 e. The predicted octanol–water partition coefficient (Wildman–Crippen LogP) is 3.43. The average molecular weight is 509 g/mol. The molecule has 0 saturated heterocycles. The summed E-state index contributed by atoms with van der Waals surface area (Å²) in [5, 5.41) is 0. The van der Waals surface area contributed by atoms with Gasteiger partial charge in [-0.15, -0.1) is 0 Å². The van der Waals surface area contributed by atoms with Crippen LogP contribution in [-0.4, -0.2) is 71.6 Å². The van der Waals surface area contributed by atoms with Crippen molar-refractivity contribution in [1.82, 2.24) is 0 Å². The summed E-state index contributed by atoms with van der Waals surface area (Å²) in [6.45, 7) is 13.5. The average Bonchev–Trinajstić information content (AvgIpc) is 2.56. The fourth-order valence-corrected chi connectivity index (χ4v) is 3.63. The van der Waals surface area contributed by atoms with Crippen LogP contribution in [-0.2, 0) is 29.6 Å². The van der Waals surface area contributed by atoms with Crippen molar-refractivity contribution in [2.75, 3.05) is 33.3 Å². The lowest BCUT2D eigenvalue weighted by Gasteiger charge is -2.33. The van der Waals surface area contributed by atoms with E-state index >= 15 is 0 Å². The summed E-state index contributed by atoms with van der Waals surface area (Å²) in [5.74, 6) is -0.277. The molecule has 31 heavy (non-hydrogen) atoms. The molecule has 0 aliphatic heterocycles. The molecule has 0 fully saturated rings. The van der Waals surface area contributed by atoms with E-state index in [9.17, 15) is 48.0 Å². The van der Waals surface area contributed by atoms with Gasteiger partial charge in [0.2, 0.25) is 0 Å². The second-order valence-corrected chi connectivity index (χ2v) is 9.99. The van der Waals surface area contributed by atoms with E-state index in [0.29, 0.717) is 12.2 Å². The van der Waals surface area contributed by atoms with Crippen LogP contribution in [0.4, 0.5) is 26.3 Å². The number of carbonyl (C=O) groups excluding carboxylic acids is 1. The van der Waals surface area contributed by atoms with Crippen molar-refractivity contribution in [2.45, 2.75) is 44.6 Å². The van der Waals surface area contributed by atoms with E-state index < -0.39 is 31.1 Å². The molecule has 186 valence electrons. The summed E-state index contributed by atoms with van der Waals surface area (Å²) in [5.41, 5.74) is -11.9. The fraction of sp³-hybridized carbons (Fsp3) is 0.800. The normalized spacial score (nSPS) is 14.8. The molecule has 0 heterocycles. The van der Waals surface area contributed by atoms with Crippen molar-refractivity contribution < 1.29 is 57.2 Å². The minimum atomic E-state index is -6.72. The summed E-state index contributed by atoms with van der Waals surface area (Å²) in [4.78, 5) is 11.1. The quantitative estimate of drug-likeness (QED) is 0.147. The van der Waals surface area contributed by atoms with Gasteiger partial charge >= 0.3 is 17.0 Å². The van der Waals surface area contributed by atoms with E-state index in [-0.39, 0.29) is 5.97 Å². The summed E-state index contributed by atoms with van der Waals surface area (Å²) in [6, 6.07) is 0. The Morgan fingerprint density at radius 3 is 1.68 bits per heavy atom. The Balaban J connectivity index is 0. The van der Waals surface area contributed by atoms with E-state index in [1.54, 1.807) is 6.92 Å². The molecule has 0 saturated carbocycles. The number of hydrogen-bond donors (Lipinski definition) is 0. The molecule has 0 bridgehead atoms. The number of halogens is 6. The Morgan fingerprint density at radius 2 is 1.39 bits per heavy atom. The first-order valence-corrected chi connectivity index (χ1v) is 11.6. The van der Waals surface area contributed by atoms with Gasteiger partial charge in [0.1, 0.15) is 0 Å². The maximum absolute atomic E-state index is 11.4. The number of alkyl halides is 6. The molecule has 0 aromatic carbocycles. The number of rotatable bonds is 10. The Kier molecular flexibility index (Phi) is 12.3. The zero-order valence-electron chi connectivity index (χ0n) is 17.4. The fourth-order valence-electron chi connectivity index (χ4n) is 1.92. The SMILES string of the molecule is C=C(C)C(=O)OCCC[N+](C)(CC)CCC.O=S(=O)([N-]S(=O)(=O)C(F)(F)F)C(F)(F)F. The molecule has 1 atom stereocenters. The van der Waals surface area contributed by atoms with E-state index in [1.165, 1.54) is 13.0 Å². The third-order valence-electron chi connectivity index (χ3n) is 3.73. The molecule has 0 spiro atoms. The number of carbonyl (C=O) groups is 1. The van der Waals surface area contributed by atoms with Gasteiger partial charge in [0.25, 0.3) is 0 Å². The van der Waals surface area contributed by atoms with Crippen LogP contribution in [0.25, 0.3) is 4.13 Å². The highest BCUT2D eigenvalue weighted by molar-refractivity contribution is 8.13. The van der Waals surface area contributed by atoms with Crippen LogP contribution < -0.4 is 0 Å². The van der Waals surface area contributed by atoms with Crippen LogP contribution in [0.1, 0.15) is 33.6 Å². The first-order valence-electron chi connectivity index (χ1n) is 8.68. The van der Waals surface area contributed by atoms with Crippen LogP contribution in [0.5, 0.6) is 0 Å². The van der Waals surface area contributed by atoms with E-state index in [4.69, 9.17) is 4.74 Å². The Labute approximate surface area is 177 Å². The van der Waals surface area contributed by atoms with E-state index in [2.05, 4.69) is 27.5 Å². The number of sulfonamides is 2. The Hall–Kier alpha value is -1.39. The Bertz CT molecular complexity index is 767. The van der Waals surface area contributed by atoms with Gasteiger partial charge in [-0.25, -0.2) is 21.6 Å². The maximum atomic E-state index is 11.4. The van der Waals surface area contributed by atoms with Gasteiger partial charge in [0.05, 0.1) is 33.3 Å². The molecule has 0 aromatic heterocycles. The molecule has 1 unspecified atom stereocenters. The lowest BCUT2D eigenvalue weighted by molar-refractivity contribution is -0.908. The predicted molar refractivity (Wildman–Crippen MR) is 100 cm³/mol. The van der Waals surface area contributed by atoms with Gasteiger partial charge in [0, 0.05) is 12.0 Å². The van der Waals surface area contributed by atoms with Crippen molar-refractivity contribution >= 4 is 26.0 Å². The van der Waals surface area contributed by atoms with Crippen LogP contribution in [0.3, 0.4) is 0 Å². The van der Waals surface area contributed by atoms with Crippen molar-refractivity contribution in [3.8, 4) is 0 Å². The number of esters is 1. The zero-order chi connectivity index (χ0) is 25.3. The smallest absolute Gasteiger partial charge is 0.462 e. The lowest BCUT2D eigenvalue weighted by atomic mass is 10.3. The molecule has 0 aliphatic rings. The summed E-state index contributed by atoms with van der Waals surface area (Å²) >= 11 is 0. The van der Waals surface area contributed by atoms with Crippen molar-refractivity contribution in [3.05, 3.63) is 16.3 Å². The van der Waals surface area contributed by atoms with Crippen LogP contribution >= 0.6 is 0 Å². The largest absolute Gasteiger partial charge is 0.480 e. The van der Waals surface area contributed by atoms with Gasteiger partial charge < -0.3 is 13.3 Å². The standard InChI is InChI=1S/C13H26NO2.C2F6NO4S2/c1-6-9-14(5,7-2)10-8-11-16-13(15)12(3)4;3-1(4,5)14(10,11)9-15(12,13)2(6,7)8/h3,6-11H2,1-2,4-5H3;/q+1;-1. The summed E-state index contributed by atoms with van der Waals surface area (Å²) in [6.07, 6.45) is 2.11. The van der Waals surface area contributed by atoms with Crippen molar-refractivity contribution in [2.24, 2.45) is 0 Å². The molecular formula is C15H26F6N2O6S2. The topological polar surface area (TPSA) is 109 Å². The minimum absolute atomic E-state index is 0.277. The number of nitrogens with zero attached hydrogens (tertiary/aromatic N) is 2. The second kappa shape index (κ2) is 12.0. The molecule has 0 radical (unpaired) electrons. The van der Waals surface area contributed by atoms with Crippen LogP contribution in [0, 0.1) is 0 Å². The third kappa shape index (κ3) is 11.7. The number of ether oxygens (including phenoxy) is 1. The Morgan fingerprint density at radius 1 is 0.968 bits per heavy atom. The van der Waals surface area contributed by atoms with Crippen molar-refractivity contribution in [3.63, 3.8) is 0 Å². The highest BCUT2D eigenvalue weighted by Crippen LogP contribution is 2.36. The minimum Gasteiger partial charge on any atom is -0.462 e. The van der Waals surface area contributed by atoms with Gasteiger partial charge in [-0.2, -0.15) is 26.3 Å². The molecule has 8 nitrogen and oxygen atoms in total. The molecule has 16 heteroatoms. The first kappa shape index (κ1) is 31.8. The molecule has 0 amide bonds. The van der Waals surface area contributed by atoms with Crippen LogP contribution in [0.15, 0.2) is 12.2 Å². The molecular weight excluding hydrogens is 482 g/mol. The van der Waals surface area contributed by atoms with Gasteiger partial charge in [-0.1, -0.05) is 13.5 Å². The lowest BCUT2D eigenvalue weighted by Crippen LogP contribution is -2.45. The first-order chi connectivity index (χ1) is 13.7. The second-order valence-electron chi connectivity index (χ2n) is 6.57. The van der Waals surface area contributed by atoms with Crippen molar-refractivity contribution in [1.29, 1.82) is 0 Å². The number of hydrogen-bond acceptors (Lipinski definition) is 6. The monoisotopic (exact) mass is 508 g/mol. The van der Waals surface area contributed by atoms with Gasteiger partial charge in [0.15, 0.2) is 20.0 Å². The molecule has 0 aromatic rings. The summed E-state index contributed by atoms with van der Waals surface area (Å²) < 4.78 is 115. The highest BCUT2D eigenvalue weighted by Gasteiger charge is 2.46. The van der Waals surface area contributed by atoms with Crippen LogP contribution in [0.2, 0.25) is 0 Å². The number of quaternary nitrogens is 1. The summed E-state index contributed by atoms with van der Waals surface area (Å²) in [7, 11) is -11.2. The molecule has 0 N–H and O–H groups in total. The van der Waals surface area contributed by atoms with Gasteiger partial charge in [-0.3, -0.25) is 0 Å². The highest BCUT2D eigenvalue weighted by atomic mass is 32.3.